The predicted octanol–water partition coefficient (Wildman–Crippen LogP) is 7.09. The predicted molar refractivity (Wildman–Crippen MR) is 132 cm³/mol. The highest BCUT2D eigenvalue weighted by atomic mass is 19.1. The summed E-state index contributed by atoms with van der Waals surface area (Å²) in [7, 11) is 0. The van der Waals surface area contributed by atoms with Gasteiger partial charge in [0.05, 0.1) is 6.67 Å². The Balaban J connectivity index is 1.48. The fourth-order valence-corrected chi connectivity index (χ4v) is 5.50. The minimum atomic E-state index is -0.509. The second kappa shape index (κ2) is 10.2. The Labute approximate surface area is 199 Å². The van der Waals surface area contributed by atoms with Gasteiger partial charge in [-0.05, 0) is 83.6 Å². The molecule has 1 aliphatic heterocycles. The maximum atomic E-state index is 14.9. The van der Waals surface area contributed by atoms with Gasteiger partial charge in [0.25, 0.3) is 0 Å². The third kappa shape index (κ3) is 4.69. The number of hydrogen-bond acceptors (Lipinski definition) is 1. The maximum absolute atomic E-state index is 14.9. The van der Waals surface area contributed by atoms with Gasteiger partial charge in [-0.15, -0.1) is 0 Å². The molecule has 2 aliphatic rings. The van der Waals surface area contributed by atoms with Gasteiger partial charge < -0.3 is 4.90 Å². The van der Waals surface area contributed by atoms with Crippen LogP contribution in [0.1, 0.15) is 47.1 Å². The second-order valence-corrected chi connectivity index (χ2v) is 9.53. The van der Waals surface area contributed by atoms with Crippen LogP contribution in [0.15, 0.2) is 66.7 Å². The van der Waals surface area contributed by atoms with Crippen LogP contribution < -0.4 is 0 Å². The lowest BCUT2D eigenvalue weighted by Crippen LogP contribution is -2.47. The van der Waals surface area contributed by atoms with E-state index in [9.17, 15) is 13.2 Å². The quantitative estimate of drug-likeness (QED) is 0.363. The molecule has 0 saturated carbocycles. The molecule has 4 heteroatoms. The molecule has 0 atom stereocenters. The van der Waals surface area contributed by atoms with Crippen molar-refractivity contribution in [3.8, 4) is 0 Å². The number of hydrogen-bond donors (Lipinski definition) is 0. The molecule has 1 saturated heterocycles. The lowest BCUT2D eigenvalue weighted by molar-refractivity contribution is 0.0968. The van der Waals surface area contributed by atoms with E-state index in [1.807, 2.05) is 12.1 Å². The first-order chi connectivity index (χ1) is 16.6. The zero-order valence-corrected chi connectivity index (χ0v) is 19.4. The number of fused-ring (bicyclic) bond motifs is 1. The fraction of sp³-hybridized carbons (Fsp3) is 0.333. The number of likely N-dealkylation sites (tertiary alicyclic amines) is 1. The molecular formula is C30H30F3N. The lowest BCUT2D eigenvalue weighted by Gasteiger charge is -2.39. The third-order valence-corrected chi connectivity index (χ3v) is 7.13. The highest BCUT2D eigenvalue weighted by molar-refractivity contribution is 6.00. The number of rotatable bonds is 7. The van der Waals surface area contributed by atoms with Crippen molar-refractivity contribution in [2.24, 2.45) is 5.92 Å². The molecule has 0 radical (unpaired) electrons. The molecule has 0 unspecified atom stereocenters. The van der Waals surface area contributed by atoms with Crippen LogP contribution in [0.5, 0.6) is 0 Å². The van der Waals surface area contributed by atoms with Crippen molar-refractivity contribution < 1.29 is 13.2 Å². The number of halogens is 3. The molecule has 1 nitrogen and oxygen atoms in total. The number of nitrogens with zero attached hydrogens (tertiary/aromatic N) is 1. The van der Waals surface area contributed by atoms with Crippen molar-refractivity contribution >= 4 is 11.1 Å². The zero-order valence-electron chi connectivity index (χ0n) is 19.4. The van der Waals surface area contributed by atoms with Crippen LogP contribution in [-0.2, 0) is 12.8 Å². The minimum absolute atomic E-state index is 0.0983. The molecule has 0 amide bonds. The van der Waals surface area contributed by atoms with Crippen molar-refractivity contribution in [2.45, 2.75) is 32.1 Å². The van der Waals surface area contributed by atoms with Crippen LogP contribution in [-0.4, -0.2) is 31.2 Å². The molecule has 1 aliphatic carbocycles. The molecular weight excluding hydrogens is 431 g/mol. The van der Waals surface area contributed by atoms with Gasteiger partial charge >= 0.3 is 0 Å². The number of aryl methyl sites for hydroxylation is 1. The van der Waals surface area contributed by atoms with Crippen molar-refractivity contribution in [1.82, 2.24) is 4.90 Å². The molecule has 0 aromatic heterocycles. The Bertz CT molecular complexity index is 1160. The Morgan fingerprint density at radius 1 is 0.824 bits per heavy atom. The topological polar surface area (TPSA) is 3.24 Å². The summed E-state index contributed by atoms with van der Waals surface area (Å²) in [5, 5.41) is 0. The van der Waals surface area contributed by atoms with E-state index in [1.165, 1.54) is 29.3 Å². The highest BCUT2D eigenvalue weighted by Gasteiger charge is 2.27. The van der Waals surface area contributed by atoms with Gasteiger partial charge in [-0.3, -0.25) is 4.39 Å². The molecule has 1 fully saturated rings. The van der Waals surface area contributed by atoms with Crippen LogP contribution in [0.25, 0.3) is 11.1 Å². The van der Waals surface area contributed by atoms with Gasteiger partial charge in [-0.25, -0.2) is 8.78 Å². The van der Waals surface area contributed by atoms with Gasteiger partial charge in [0.1, 0.15) is 11.6 Å². The SMILES string of the molecule is FCCCN1CC(Cc2ccc(C3=C(c4c(F)cccc4F)CCCc4ccccc43)cc2)C1. The Hall–Kier alpha value is -2.85. The van der Waals surface area contributed by atoms with Gasteiger partial charge in [-0.1, -0.05) is 54.6 Å². The Morgan fingerprint density at radius 2 is 1.56 bits per heavy atom. The van der Waals surface area contributed by atoms with E-state index >= 15 is 0 Å². The summed E-state index contributed by atoms with van der Waals surface area (Å²) in [6, 6.07) is 20.8. The number of benzene rings is 3. The molecule has 176 valence electrons. The van der Waals surface area contributed by atoms with Crippen LogP contribution in [0.4, 0.5) is 13.2 Å². The molecule has 3 aromatic carbocycles. The molecule has 5 rings (SSSR count). The smallest absolute Gasteiger partial charge is 0.133 e. The summed E-state index contributed by atoms with van der Waals surface area (Å²) >= 11 is 0. The first-order valence-electron chi connectivity index (χ1n) is 12.3. The normalized spacial score (nSPS) is 16.8. The van der Waals surface area contributed by atoms with Crippen molar-refractivity contribution in [3.05, 3.63) is 106 Å². The number of allylic oxidation sites excluding steroid dienone is 1. The monoisotopic (exact) mass is 461 g/mol. The largest absolute Gasteiger partial charge is 0.303 e. The van der Waals surface area contributed by atoms with E-state index in [4.69, 9.17) is 0 Å². The second-order valence-electron chi connectivity index (χ2n) is 9.53. The molecule has 34 heavy (non-hydrogen) atoms. The third-order valence-electron chi connectivity index (χ3n) is 7.13. The number of alkyl halides is 1. The van der Waals surface area contributed by atoms with E-state index in [0.717, 1.165) is 61.2 Å². The maximum Gasteiger partial charge on any atom is 0.133 e. The summed E-state index contributed by atoms with van der Waals surface area (Å²) in [4.78, 5) is 2.31. The summed E-state index contributed by atoms with van der Waals surface area (Å²) < 4.78 is 42.2. The van der Waals surface area contributed by atoms with E-state index in [1.54, 1.807) is 0 Å². The highest BCUT2D eigenvalue weighted by Crippen LogP contribution is 2.41. The lowest BCUT2D eigenvalue weighted by atomic mass is 9.86. The van der Waals surface area contributed by atoms with E-state index in [2.05, 4.69) is 41.3 Å². The van der Waals surface area contributed by atoms with Crippen LogP contribution >= 0.6 is 0 Å². The molecule has 1 heterocycles. The van der Waals surface area contributed by atoms with E-state index in [0.29, 0.717) is 18.8 Å². The van der Waals surface area contributed by atoms with E-state index in [-0.39, 0.29) is 12.2 Å². The van der Waals surface area contributed by atoms with Crippen LogP contribution in [0.3, 0.4) is 0 Å². The first-order valence-corrected chi connectivity index (χ1v) is 12.3. The van der Waals surface area contributed by atoms with Gasteiger partial charge in [0.2, 0.25) is 0 Å². The van der Waals surface area contributed by atoms with E-state index < -0.39 is 11.6 Å². The first kappa shape index (κ1) is 22.9. The molecule has 0 bridgehead atoms. The van der Waals surface area contributed by atoms with Gasteiger partial charge in [0, 0.05) is 25.2 Å². The Kier molecular flexibility index (Phi) is 6.87. The van der Waals surface area contributed by atoms with Crippen LogP contribution in [0, 0.1) is 17.6 Å². The molecule has 3 aromatic rings. The minimum Gasteiger partial charge on any atom is -0.303 e. The summed E-state index contributed by atoms with van der Waals surface area (Å²) in [6.07, 6.45) is 3.97. The van der Waals surface area contributed by atoms with Crippen molar-refractivity contribution in [1.29, 1.82) is 0 Å². The standard InChI is InChI=1S/C30H30F3N/c31-16-5-17-34-19-22(20-34)18-21-12-14-24(15-13-21)29-25-8-2-1-6-23(25)7-3-9-26(29)30-27(32)10-4-11-28(30)33/h1-2,4,6,8,10-15,22H,3,5,7,9,16-20H2. The zero-order chi connectivity index (χ0) is 23.5. The van der Waals surface area contributed by atoms with Crippen molar-refractivity contribution in [2.75, 3.05) is 26.3 Å². The summed E-state index contributed by atoms with van der Waals surface area (Å²) in [6.45, 7) is 2.64. The summed E-state index contributed by atoms with van der Waals surface area (Å²) in [5.74, 6) is -0.414. The molecule has 0 N–H and O–H groups in total. The molecule has 0 spiro atoms. The van der Waals surface area contributed by atoms with Gasteiger partial charge in [0.15, 0.2) is 0 Å². The fourth-order valence-electron chi connectivity index (χ4n) is 5.50. The average Bonchev–Trinajstić information content (AvgIpc) is 3.00. The Morgan fingerprint density at radius 3 is 2.29 bits per heavy atom. The average molecular weight is 462 g/mol. The van der Waals surface area contributed by atoms with Crippen LogP contribution in [0.2, 0.25) is 0 Å². The van der Waals surface area contributed by atoms with Crippen molar-refractivity contribution in [3.63, 3.8) is 0 Å². The van der Waals surface area contributed by atoms with Gasteiger partial charge in [-0.2, -0.15) is 0 Å². The summed E-state index contributed by atoms with van der Waals surface area (Å²) in [5.41, 5.74) is 6.32.